The average Bonchev–Trinajstić information content (AvgIpc) is 2.76. The maximum Gasteiger partial charge on any atom is 0.262 e. The summed E-state index contributed by atoms with van der Waals surface area (Å²) in [5.74, 6) is 0.446. The van der Waals surface area contributed by atoms with E-state index >= 15 is 0 Å². The Balaban J connectivity index is 1.82. The number of nitrogens with one attached hydrogen (secondary N) is 1. The number of carbonyl (C=O) groups is 1. The Morgan fingerprint density at radius 1 is 1.25 bits per heavy atom. The molecule has 0 unspecified atom stereocenters. The van der Waals surface area contributed by atoms with E-state index in [0.29, 0.717) is 58.7 Å². The molecule has 3 rings (SSSR count). The molecule has 0 fully saturated rings. The smallest absolute Gasteiger partial charge is 0.262 e. The van der Waals surface area contributed by atoms with Crippen LogP contribution in [0, 0.1) is 6.92 Å². The van der Waals surface area contributed by atoms with Crippen LogP contribution in [0.3, 0.4) is 0 Å². The molecule has 2 aromatic carbocycles. The molecule has 0 spiro atoms. The lowest BCUT2D eigenvalue weighted by atomic mass is 10.2. The van der Waals surface area contributed by atoms with Crippen molar-refractivity contribution in [2.75, 3.05) is 31.4 Å². The number of hydrogen-bond donors (Lipinski definition) is 1. The van der Waals surface area contributed by atoms with E-state index in [9.17, 15) is 9.59 Å². The van der Waals surface area contributed by atoms with Crippen LogP contribution in [0.25, 0.3) is 10.9 Å². The predicted octanol–water partition coefficient (Wildman–Crippen LogP) is 4.52. The minimum Gasteiger partial charge on any atom is -0.495 e. The predicted molar refractivity (Wildman–Crippen MR) is 129 cm³/mol. The summed E-state index contributed by atoms with van der Waals surface area (Å²) in [6.45, 7) is 5.47. The number of thioether (sulfide) groups is 1. The Hall–Kier alpha value is -2.55. The SMILES string of the molecule is CCOCCCn1c(SCC(=O)Nc2cc(C)ccc2OC)nc2cc(Cl)ccc2c1=O. The zero-order valence-corrected chi connectivity index (χ0v) is 19.9. The van der Waals surface area contributed by atoms with Gasteiger partial charge in [-0.2, -0.15) is 0 Å². The molecule has 170 valence electrons. The summed E-state index contributed by atoms with van der Waals surface area (Å²) in [4.78, 5) is 30.3. The molecule has 0 aliphatic carbocycles. The third kappa shape index (κ3) is 6.03. The number of methoxy groups -OCH3 is 1. The summed E-state index contributed by atoms with van der Waals surface area (Å²) >= 11 is 7.30. The number of hydrogen-bond acceptors (Lipinski definition) is 6. The first-order chi connectivity index (χ1) is 15.4. The van der Waals surface area contributed by atoms with Gasteiger partial charge in [-0.25, -0.2) is 4.98 Å². The average molecular weight is 476 g/mol. The number of benzene rings is 2. The first-order valence-corrected chi connectivity index (χ1v) is 11.6. The minimum atomic E-state index is -0.222. The summed E-state index contributed by atoms with van der Waals surface area (Å²) in [7, 11) is 1.56. The van der Waals surface area contributed by atoms with Gasteiger partial charge in [-0.1, -0.05) is 29.4 Å². The molecule has 7 nitrogen and oxygen atoms in total. The Morgan fingerprint density at radius 3 is 2.81 bits per heavy atom. The van der Waals surface area contributed by atoms with Gasteiger partial charge in [0.2, 0.25) is 5.91 Å². The maximum absolute atomic E-state index is 13.1. The number of carbonyl (C=O) groups excluding carboxylic acids is 1. The topological polar surface area (TPSA) is 82.4 Å². The van der Waals surface area contributed by atoms with E-state index in [-0.39, 0.29) is 17.2 Å². The van der Waals surface area contributed by atoms with E-state index in [1.807, 2.05) is 32.0 Å². The quantitative estimate of drug-likeness (QED) is 0.263. The van der Waals surface area contributed by atoms with E-state index in [0.717, 1.165) is 5.56 Å². The maximum atomic E-state index is 13.1. The number of aryl methyl sites for hydroxylation is 1. The van der Waals surface area contributed by atoms with Crippen molar-refractivity contribution in [1.29, 1.82) is 0 Å². The van der Waals surface area contributed by atoms with Crippen molar-refractivity contribution in [3.8, 4) is 5.75 Å². The third-order valence-electron chi connectivity index (χ3n) is 4.72. The monoisotopic (exact) mass is 475 g/mol. The van der Waals surface area contributed by atoms with Crippen molar-refractivity contribution < 1.29 is 14.3 Å². The van der Waals surface area contributed by atoms with Crippen LogP contribution in [0.2, 0.25) is 5.02 Å². The van der Waals surface area contributed by atoms with Crippen LogP contribution in [0.4, 0.5) is 5.69 Å². The van der Waals surface area contributed by atoms with E-state index in [4.69, 9.17) is 21.1 Å². The van der Waals surface area contributed by atoms with Crippen LogP contribution in [0.1, 0.15) is 18.9 Å². The van der Waals surface area contributed by atoms with Crippen LogP contribution >= 0.6 is 23.4 Å². The number of halogens is 1. The van der Waals surface area contributed by atoms with Crippen LogP contribution in [-0.2, 0) is 16.1 Å². The summed E-state index contributed by atoms with van der Waals surface area (Å²) in [6, 6.07) is 10.6. The molecule has 0 atom stereocenters. The molecular weight excluding hydrogens is 450 g/mol. The first kappa shape index (κ1) is 24.1. The minimum absolute atomic E-state index is 0.0844. The second kappa shape index (κ2) is 11.4. The van der Waals surface area contributed by atoms with Crippen molar-refractivity contribution in [1.82, 2.24) is 9.55 Å². The fourth-order valence-electron chi connectivity index (χ4n) is 3.19. The molecule has 0 saturated heterocycles. The number of ether oxygens (including phenoxy) is 2. The van der Waals surface area contributed by atoms with Crippen LogP contribution in [-0.4, -0.2) is 41.5 Å². The number of amides is 1. The van der Waals surface area contributed by atoms with Gasteiger partial charge < -0.3 is 14.8 Å². The van der Waals surface area contributed by atoms with Gasteiger partial charge in [0.25, 0.3) is 5.56 Å². The van der Waals surface area contributed by atoms with Crippen LogP contribution < -0.4 is 15.6 Å². The van der Waals surface area contributed by atoms with Crippen molar-refractivity contribution in [2.45, 2.75) is 32.0 Å². The van der Waals surface area contributed by atoms with Gasteiger partial charge in [0, 0.05) is 24.8 Å². The molecule has 32 heavy (non-hydrogen) atoms. The largest absolute Gasteiger partial charge is 0.495 e. The Bertz CT molecular complexity index is 1170. The molecule has 0 aliphatic heterocycles. The normalized spacial score (nSPS) is 11.0. The van der Waals surface area contributed by atoms with Gasteiger partial charge in [0.1, 0.15) is 5.75 Å². The number of rotatable bonds is 10. The van der Waals surface area contributed by atoms with Crippen molar-refractivity contribution >= 4 is 45.9 Å². The van der Waals surface area contributed by atoms with Gasteiger partial charge >= 0.3 is 0 Å². The second-order valence-electron chi connectivity index (χ2n) is 7.10. The van der Waals surface area contributed by atoms with Gasteiger partial charge in [-0.05, 0) is 56.2 Å². The van der Waals surface area contributed by atoms with Crippen LogP contribution in [0.5, 0.6) is 5.75 Å². The highest BCUT2D eigenvalue weighted by Gasteiger charge is 2.15. The highest BCUT2D eigenvalue weighted by atomic mass is 35.5. The summed E-state index contributed by atoms with van der Waals surface area (Å²) < 4.78 is 12.3. The molecule has 0 aliphatic rings. The Morgan fingerprint density at radius 2 is 2.06 bits per heavy atom. The van der Waals surface area contributed by atoms with Gasteiger partial charge in [0.05, 0.1) is 29.5 Å². The number of fused-ring (bicyclic) bond motifs is 1. The summed E-state index contributed by atoms with van der Waals surface area (Å²) in [6.07, 6.45) is 0.661. The highest BCUT2D eigenvalue weighted by Crippen LogP contribution is 2.26. The third-order valence-corrected chi connectivity index (χ3v) is 5.93. The molecule has 0 saturated carbocycles. The Labute approximate surface area is 196 Å². The lowest BCUT2D eigenvalue weighted by molar-refractivity contribution is -0.113. The highest BCUT2D eigenvalue weighted by molar-refractivity contribution is 7.99. The van der Waals surface area contributed by atoms with Crippen LogP contribution in [0.15, 0.2) is 46.3 Å². The molecule has 1 heterocycles. The lowest BCUT2D eigenvalue weighted by Crippen LogP contribution is -2.25. The first-order valence-electron chi connectivity index (χ1n) is 10.3. The van der Waals surface area contributed by atoms with E-state index in [2.05, 4.69) is 10.3 Å². The molecule has 1 N–H and O–H groups in total. The van der Waals surface area contributed by atoms with Gasteiger partial charge in [0.15, 0.2) is 5.16 Å². The molecule has 0 bridgehead atoms. The Kier molecular flexibility index (Phi) is 8.55. The van der Waals surface area contributed by atoms with Crippen molar-refractivity contribution in [2.24, 2.45) is 0 Å². The molecular formula is C23H26ClN3O4S. The zero-order chi connectivity index (χ0) is 23.1. The van der Waals surface area contributed by atoms with E-state index in [1.54, 1.807) is 29.9 Å². The summed E-state index contributed by atoms with van der Waals surface area (Å²) in [5.41, 5.74) is 1.95. The number of anilines is 1. The second-order valence-corrected chi connectivity index (χ2v) is 8.48. The van der Waals surface area contributed by atoms with Crippen molar-refractivity contribution in [3.05, 3.63) is 57.3 Å². The fourth-order valence-corrected chi connectivity index (χ4v) is 4.18. The molecule has 0 radical (unpaired) electrons. The molecule has 9 heteroatoms. The fraction of sp³-hybridized carbons (Fsp3) is 0.348. The molecule has 3 aromatic rings. The molecule has 1 aromatic heterocycles. The summed E-state index contributed by atoms with van der Waals surface area (Å²) in [5, 5.41) is 4.33. The van der Waals surface area contributed by atoms with E-state index in [1.165, 1.54) is 11.8 Å². The lowest BCUT2D eigenvalue weighted by Gasteiger charge is -2.14. The zero-order valence-electron chi connectivity index (χ0n) is 18.3. The standard InChI is InChI=1S/C23H26ClN3O4S/c1-4-31-11-5-10-27-22(29)17-8-7-16(24)13-18(17)26-23(27)32-14-21(28)25-19-12-15(2)6-9-20(19)30-3/h6-9,12-13H,4-5,10-11,14H2,1-3H3,(H,25,28). The number of aromatic nitrogens is 2. The van der Waals surface area contributed by atoms with Crippen molar-refractivity contribution in [3.63, 3.8) is 0 Å². The molecule has 1 amide bonds. The van der Waals surface area contributed by atoms with Gasteiger partial charge in [-0.15, -0.1) is 0 Å². The number of nitrogens with zero attached hydrogens (tertiary/aromatic N) is 2. The van der Waals surface area contributed by atoms with Gasteiger partial charge in [-0.3, -0.25) is 14.2 Å². The van der Waals surface area contributed by atoms with E-state index < -0.39 is 0 Å².